The molecule has 0 spiro atoms. The van der Waals surface area contributed by atoms with Crippen LogP contribution >= 0.6 is 0 Å². The first-order chi connectivity index (χ1) is 19.2. The van der Waals surface area contributed by atoms with Crippen LogP contribution in [0.15, 0.2) is 29.1 Å². The highest BCUT2D eigenvalue weighted by Crippen LogP contribution is 2.31. The lowest BCUT2D eigenvalue weighted by Crippen LogP contribution is -2.47. The third kappa shape index (κ3) is 5.60. The predicted octanol–water partition coefficient (Wildman–Crippen LogP) is 4.01. The molecule has 1 aliphatic carbocycles. The molecule has 0 atom stereocenters. The Hall–Kier alpha value is -3.74. The van der Waals surface area contributed by atoms with Gasteiger partial charge in [-0.1, -0.05) is 19.4 Å². The number of amides is 1. The van der Waals surface area contributed by atoms with E-state index in [1.807, 2.05) is 11.8 Å². The van der Waals surface area contributed by atoms with Gasteiger partial charge in [-0.15, -0.1) is 5.10 Å². The normalized spacial score (nSPS) is 16.6. The van der Waals surface area contributed by atoms with Crippen LogP contribution in [-0.2, 0) is 23.9 Å². The molecule has 5 rings (SSSR count). The maximum atomic E-state index is 14.5. The monoisotopic (exact) mass is 561 g/mol. The van der Waals surface area contributed by atoms with E-state index < -0.39 is 23.5 Å². The van der Waals surface area contributed by atoms with Crippen molar-refractivity contribution in [2.24, 2.45) is 0 Å². The number of benzene rings is 1. The van der Waals surface area contributed by atoms with Crippen molar-refractivity contribution >= 4 is 28.6 Å². The quantitative estimate of drug-likeness (QED) is 0.442. The lowest BCUT2D eigenvalue weighted by atomic mass is 10.1. The number of anilines is 2. The summed E-state index contributed by atoms with van der Waals surface area (Å²) >= 11 is 0. The van der Waals surface area contributed by atoms with Crippen molar-refractivity contribution in [3.05, 3.63) is 57.5 Å². The van der Waals surface area contributed by atoms with Crippen LogP contribution < -0.4 is 21.1 Å². The molecule has 1 aliphatic heterocycles. The third-order valence-electron chi connectivity index (χ3n) is 7.29. The van der Waals surface area contributed by atoms with Gasteiger partial charge in [0.25, 0.3) is 5.56 Å². The number of halogens is 4. The zero-order valence-corrected chi connectivity index (χ0v) is 22.2. The lowest BCUT2D eigenvalue weighted by molar-refractivity contribution is -0.137. The predicted molar refractivity (Wildman–Crippen MR) is 143 cm³/mol. The Labute approximate surface area is 227 Å². The number of hydrogen-bond donors (Lipinski definition) is 2. The van der Waals surface area contributed by atoms with Gasteiger partial charge in [0.2, 0.25) is 11.7 Å². The second kappa shape index (κ2) is 11.4. The molecule has 2 aliphatic rings. The number of rotatable bonds is 6. The van der Waals surface area contributed by atoms with Crippen LogP contribution in [0.25, 0.3) is 11.4 Å². The largest absolute Gasteiger partial charge is 0.416 e. The Morgan fingerprint density at radius 3 is 2.62 bits per heavy atom. The van der Waals surface area contributed by atoms with Crippen molar-refractivity contribution in [1.82, 2.24) is 24.5 Å². The van der Waals surface area contributed by atoms with Gasteiger partial charge in [0, 0.05) is 26.2 Å². The highest BCUT2D eigenvalue weighted by atomic mass is 19.4. The maximum Gasteiger partial charge on any atom is 0.416 e. The number of hydrogen-bond acceptors (Lipinski definition) is 6. The minimum atomic E-state index is -4.71. The van der Waals surface area contributed by atoms with Gasteiger partial charge < -0.3 is 20.1 Å². The Kier molecular flexibility index (Phi) is 7.92. The number of alkyl halides is 3. The van der Waals surface area contributed by atoms with Crippen LogP contribution in [0.2, 0.25) is 0 Å². The van der Waals surface area contributed by atoms with Crippen molar-refractivity contribution in [2.45, 2.75) is 58.2 Å². The van der Waals surface area contributed by atoms with Gasteiger partial charge in [-0.25, -0.2) is 4.39 Å². The minimum absolute atomic E-state index is 0.184. The summed E-state index contributed by atoms with van der Waals surface area (Å²) < 4.78 is 56.2. The van der Waals surface area contributed by atoms with E-state index in [0.29, 0.717) is 61.9 Å². The maximum absolute atomic E-state index is 14.5. The van der Waals surface area contributed by atoms with E-state index in [-0.39, 0.29) is 23.6 Å². The van der Waals surface area contributed by atoms with E-state index in [4.69, 9.17) is 0 Å². The van der Waals surface area contributed by atoms with Crippen molar-refractivity contribution in [2.75, 3.05) is 36.4 Å². The number of carbonyl (C=O) groups excluding carboxylic acids is 1. The molecule has 0 bridgehead atoms. The van der Waals surface area contributed by atoms with Gasteiger partial charge in [-0.2, -0.15) is 22.7 Å². The number of allylic oxidation sites excluding steroid dienone is 2. The summed E-state index contributed by atoms with van der Waals surface area (Å²) in [7, 11) is 0. The Morgan fingerprint density at radius 1 is 1.15 bits per heavy atom. The summed E-state index contributed by atoms with van der Waals surface area (Å²) in [6.07, 6.45) is 2.60. The molecule has 9 nitrogen and oxygen atoms in total. The highest BCUT2D eigenvalue weighted by molar-refractivity contribution is 5.91. The molecule has 0 radical (unpaired) electrons. The number of carbonyl (C=O) groups is 1. The summed E-state index contributed by atoms with van der Waals surface area (Å²) in [5.41, 5.74) is 0.106. The van der Waals surface area contributed by atoms with Crippen LogP contribution in [0, 0.1) is 5.82 Å². The molecule has 1 saturated heterocycles. The standard InChI is InChI=1S/C27H31F4N7O2/c1-2-21-23(36-13-11-32-12-14-36)25(40)38-26(34-24(35-38)17-7-5-3-4-6-8-17)37(21)16-22(39)33-20-10-9-18(15-19(20)28)27(29,30)31/h7,9-10,15,32H,2-6,8,11-14,16H2,1H3,(H,33,39). The summed E-state index contributed by atoms with van der Waals surface area (Å²) in [5, 5.41) is 10.2. The van der Waals surface area contributed by atoms with Crippen LogP contribution in [0.5, 0.6) is 0 Å². The first-order valence-corrected chi connectivity index (χ1v) is 13.5. The molecule has 0 saturated carbocycles. The van der Waals surface area contributed by atoms with Crippen LogP contribution in [0.3, 0.4) is 0 Å². The van der Waals surface area contributed by atoms with Gasteiger partial charge in [-0.05, 0) is 55.9 Å². The van der Waals surface area contributed by atoms with Crippen molar-refractivity contribution in [3.63, 3.8) is 0 Å². The summed E-state index contributed by atoms with van der Waals surface area (Å²) in [6, 6.07) is 1.94. The molecule has 214 valence electrons. The molecule has 2 aromatic heterocycles. The van der Waals surface area contributed by atoms with E-state index in [0.717, 1.165) is 43.7 Å². The fourth-order valence-electron chi connectivity index (χ4n) is 5.30. The number of aromatic nitrogens is 4. The number of fused-ring (bicyclic) bond motifs is 1. The first-order valence-electron chi connectivity index (χ1n) is 13.5. The van der Waals surface area contributed by atoms with Gasteiger partial charge in [0.15, 0.2) is 5.82 Å². The second-order valence-corrected chi connectivity index (χ2v) is 9.99. The van der Waals surface area contributed by atoms with Gasteiger partial charge in [0.05, 0.1) is 16.9 Å². The van der Waals surface area contributed by atoms with E-state index in [1.165, 1.54) is 4.52 Å². The van der Waals surface area contributed by atoms with E-state index in [1.54, 1.807) is 4.57 Å². The van der Waals surface area contributed by atoms with E-state index in [2.05, 4.69) is 26.8 Å². The molecule has 1 fully saturated rings. The second-order valence-electron chi connectivity index (χ2n) is 9.99. The average Bonchev–Trinajstić information content (AvgIpc) is 3.19. The SMILES string of the molecule is CCc1c(N2CCNCC2)c(=O)n2nc(C3=CCCCCC3)nc2n1CC(=O)Nc1ccc(C(F)(F)F)cc1F. The zero-order chi connectivity index (χ0) is 28.4. The van der Waals surface area contributed by atoms with Gasteiger partial charge in [-0.3, -0.25) is 9.59 Å². The molecular weight excluding hydrogens is 530 g/mol. The Bertz CT molecular complexity index is 1500. The molecule has 1 amide bonds. The molecule has 13 heteroatoms. The van der Waals surface area contributed by atoms with Gasteiger partial charge >= 0.3 is 6.18 Å². The van der Waals surface area contributed by atoms with E-state index >= 15 is 0 Å². The third-order valence-corrected chi connectivity index (χ3v) is 7.29. The Morgan fingerprint density at radius 2 is 1.93 bits per heavy atom. The summed E-state index contributed by atoms with van der Waals surface area (Å²) in [5.74, 6) is -1.26. The number of nitrogens with one attached hydrogen (secondary N) is 2. The van der Waals surface area contributed by atoms with Crippen molar-refractivity contribution < 1.29 is 22.4 Å². The van der Waals surface area contributed by atoms with Crippen LogP contribution in [0.1, 0.15) is 56.1 Å². The molecule has 3 heterocycles. The molecular formula is C27H31F4N7O2. The molecule has 1 aromatic carbocycles. The Balaban J connectivity index is 1.57. The molecule has 0 unspecified atom stereocenters. The summed E-state index contributed by atoms with van der Waals surface area (Å²) in [6.45, 7) is 4.07. The van der Waals surface area contributed by atoms with Gasteiger partial charge in [0.1, 0.15) is 18.0 Å². The lowest BCUT2D eigenvalue weighted by Gasteiger charge is -2.31. The number of nitrogens with zero attached hydrogens (tertiary/aromatic N) is 5. The molecule has 3 aromatic rings. The molecule has 2 N–H and O–H groups in total. The fourth-order valence-corrected chi connectivity index (χ4v) is 5.30. The van der Waals surface area contributed by atoms with E-state index in [9.17, 15) is 27.2 Å². The zero-order valence-electron chi connectivity index (χ0n) is 22.2. The van der Waals surface area contributed by atoms with Crippen LogP contribution in [0.4, 0.5) is 28.9 Å². The first kappa shape index (κ1) is 27.8. The summed E-state index contributed by atoms with van der Waals surface area (Å²) in [4.78, 5) is 33.6. The number of piperazine rings is 1. The molecule has 40 heavy (non-hydrogen) atoms. The van der Waals surface area contributed by atoms with Crippen molar-refractivity contribution in [3.8, 4) is 0 Å². The topological polar surface area (TPSA) is 96.6 Å². The highest BCUT2D eigenvalue weighted by Gasteiger charge is 2.31. The fraction of sp³-hybridized carbons (Fsp3) is 0.481. The smallest absolute Gasteiger partial charge is 0.363 e. The average molecular weight is 562 g/mol. The van der Waals surface area contributed by atoms with Crippen molar-refractivity contribution in [1.29, 1.82) is 0 Å². The minimum Gasteiger partial charge on any atom is -0.363 e. The van der Waals surface area contributed by atoms with Crippen LogP contribution in [-0.4, -0.2) is 51.3 Å².